The van der Waals surface area contributed by atoms with Crippen LogP contribution in [0.15, 0.2) is 24.3 Å². The average molecular weight is 339 g/mol. The van der Waals surface area contributed by atoms with Crippen LogP contribution in [0.5, 0.6) is 0 Å². The molecule has 0 bridgehead atoms. The van der Waals surface area contributed by atoms with E-state index in [2.05, 4.69) is 41.2 Å². The number of rotatable bonds is 7. The maximum atomic E-state index is 11.9. The van der Waals surface area contributed by atoms with Gasteiger partial charge in [-0.2, -0.15) is 0 Å². The maximum absolute atomic E-state index is 11.9. The van der Waals surface area contributed by atoms with Gasteiger partial charge in [0.2, 0.25) is 10.0 Å². The minimum atomic E-state index is -3.14. The molecular weight excluding hydrogens is 308 g/mol. The summed E-state index contributed by atoms with van der Waals surface area (Å²) in [5.41, 5.74) is 2.53. The van der Waals surface area contributed by atoms with Crippen LogP contribution in [-0.2, 0) is 16.4 Å². The van der Waals surface area contributed by atoms with Gasteiger partial charge in [0.05, 0.1) is 5.25 Å². The molecule has 1 saturated carbocycles. The average Bonchev–Trinajstić information content (AvgIpc) is 2.54. The molecule has 0 spiro atoms. The first kappa shape index (κ1) is 18.3. The Balaban J connectivity index is 1.74. The van der Waals surface area contributed by atoms with Crippen molar-refractivity contribution in [3.05, 3.63) is 29.8 Å². The summed E-state index contributed by atoms with van der Waals surface area (Å²) in [6, 6.07) is 8.73. The standard InChI is InChI=1S/C18H30N2O2S/c1-4-15-5-9-17(10-6-15)19-13-16-7-11-18(12-8-16)20-23(21,22)14(2)3/h5-6,9-10,14,16,18-20H,4,7-8,11-13H2,1-3H3/t16-,18-. The van der Waals surface area contributed by atoms with Crippen molar-refractivity contribution < 1.29 is 8.42 Å². The monoisotopic (exact) mass is 338 g/mol. The van der Waals surface area contributed by atoms with Crippen molar-refractivity contribution in [2.45, 2.75) is 64.2 Å². The third-order valence-corrected chi connectivity index (χ3v) is 6.66. The third-order valence-electron chi connectivity index (χ3n) is 4.76. The van der Waals surface area contributed by atoms with E-state index in [1.807, 2.05) is 0 Å². The minimum absolute atomic E-state index is 0.113. The quantitative estimate of drug-likeness (QED) is 0.799. The molecule has 0 heterocycles. The fraction of sp³-hybridized carbons (Fsp3) is 0.667. The molecule has 0 amide bonds. The summed E-state index contributed by atoms with van der Waals surface area (Å²) in [5.74, 6) is 0.626. The highest BCUT2D eigenvalue weighted by Gasteiger charge is 2.26. The molecule has 1 fully saturated rings. The Hall–Kier alpha value is -1.07. The molecule has 0 unspecified atom stereocenters. The first-order valence-electron chi connectivity index (χ1n) is 8.74. The fourth-order valence-corrected chi connectivity index (χ4v) is 3.95. The summed E-state index contributed by atoms with van der Waals surface area (Å²) in [6.07, 6.45) is 5.09. The van der Waals surface area contributed by atoms with Gasteiger partial charge in [0.1, 0.15) is 0 Å². The Morgan fingerprint density at radius 3 is 2.22 bits per heavy atom. The van der Waals surface area contributed by atoms with E-state index in [0.29, 0.717) is 5.92 Å². The third kappa shape index (κ3) is 5.50. The predicted octanol–water partition coefficient (Wildman–Crippen LogP) is 3.55. The summed E-state index contributed by atoms with van der Waals surface area (Å²) in [4.78, 5) is 0. The zero-order valence-electron chi connectivity index (χ0n) is 14.5. The zero-order valence-corrected chi connectivity index (χ0v) is 15.3. The maximum Gasteiger partial charge on any atom is 0.214 e. The van der Waals surface area contributed by atoms with E-state index in [-0.39, 0.29) is 11.3 Å². The topological polar surface area (TPSA) is 58.2 Å². The van der Waals surface area contributed by atoms with Gasteiger partial charge in [-0.25, -0.2) is 13.1 Å². The molecule has 130 valence electrons. The van der Waals surface area contributed by atoms with Gasteiger partial charge in [0.15, 0.2) is 0 Å². The molecule has 0 saturated heterocycles. The molecule has 0 aliphatic heterocycles. The number of nitrogens with one attached hydrogen (secondary N) is 2. The lowest BCUT2D eigenvalue weighted by atomic mass is 9.86. The summed E-state index contributed by atoms with van der Waals surface area (Å²) in [5, 5.41) is 3.15. The Morgan fingerprint density at radius 2 is 1.70 bits per heavy atom. The lowest BCUT2D eigenvalue weighted by Crippen LogP contribution is -2.41. The second-order valence-corrected chi connectivity index (χ2v) is 9.13. The van der Waals surface area contributed by atoms with Crippen LogP contribution >= 0.6 is 0 Å². The van der Waals surface area contributed by atoms with Gasteiger partial charge in [0.25, 0.3) is 0 Å². The normalized spacial score (nSPS) is 22.3. The van der Waals surface area contributed by atoms with Gasteiger partial charge in [-0.05, 0) is 69.6 Å². The molecule has 4 nitrogen and oxygen atoms in total. The van der Waals surface area contributed by atoms with Crippen molar-refractivity contribution in [3.8, 4) is 0 Å². The highest BCUT2D eigenvalue weighted by atomic mass is 32.2. The Labute approximate surface area is 141 Å². The van der Waals surface area contributed by atoms with E-state index in [0.717, 1.165) is 38.6 Å². The molecule has 1 aromatic carbocycles. The van der Waals surface area contributed by atoms with Gasteiger partial charge in [-0.15, -0.1) is 0 Å². The van der Waals surface area contributed by atoms with Crippen LogP contribution in [-0.4, -0.2) is 26.3 Å². The van der Waals surface area contributed by atoms with Crippen molar-refractivity contribution in [3.63, 3.8) is 0 Å². The zero-order chi connectivity index (χ0) is 16.9. The molecule has 2 N–H and O–H groups in total. The Kier molecular flexibility index (Phi) is 6.48. The van der Waals surface area contributed by atoms with Crippen molar-refractivity contribution in [1.82, 2.24) is 4.72 Å². The van der Waals surface area contributed by atoms with Crippen LogP contribution in [0.2, 0.25) is 0 Å². The van der Waals surface area contributed by atoms with Gasteiger partial charge in [-0.1, -0.05) is 19.1 Å². The predicted molar refractivity (Wildman–Crippen MR) is 97.2 cm³/mol. The second kappa shape index (κ2) is 8.15. The molecule has 1 aromatic rings. The van der Waals surface area contributed by atoms with E-state index in [1.165, 1.54) is 11.3 Å². The van der Waals surface area contributed by atoms with E-state index in [4.69, 9.17) is 0 Å². The van der Waals surface area contributed by atoms with E-state index in [9.17, 15) is 8.42 Å². The molecule has 1 aliphatic rings. The van der Waals surface area contributed by atoms with Crippen LogP contribution < -0.4 is 10.0 Å². The molecule has 23 heavy (non-hydrogen) atoms. The fourth-order valence-electron chi connectivity index (χ4n) is 2.97. The molecule has 0 radical (unpaired) electrons. The van der Waals surface area contributed by atoms with Gasteiger partial charge >= 0.3 is 0 Å². The molecule has 1 aliphatic carbocycles. The van der Waals surface area contributed by atoms with Gasteiger partial charge in [0, 0.05) is 18.3 Å². The molecule has 2 rings (SSSR count). The van der Waals surface area contributed by atoms with Crippen LogP contribution in [0.1, 0.15) is 52.0 Å². The van der Waals surface area contributed by atoms with Gasteiger partial charge in [-0.3, -0.25) is 0 Å². The van der Waals surface area contributed by atoms with Crippen molar-refractivity contribution >= 4 is 15.7 Å². The summed E-state index contributed by atoms with van der Waals surface area (Å²) >= 11 is 0. The van der Waals surface area contributed by atoms with Crippen LogP contribution in [0, 0.1) is 5.92 Å². The summed E-state index contributed by atoms with van der Waals surface area (Å²) < 4.78 is 26.7. The molecule has 0 atom stereocenters. The molecular formula is C18H30N2O2S. The number of benzene rings is 1. The number of hydrogen-bond donors (Lipinski definition) is 2. The van der Waals surface area contributed by atoms with E-state index < -0.39 is 10.0 Å². The van der Waals surface area contributed by atoms with Crippen LogP contribution in [0.25, 0.3) is 0 Å². The number of hydrogen-bond acceptors (Lipinski definition) is 3. The minimum Gasteiger partial charge on any atom is -0.385 e. The lowest BCUT2D eigenvalue weighted by molar-refractivity contribution is 0.323. The lowest BCUT2D eigenvalue weighted by Gasteiger charge is -2.29. The summed E-state index contributed by atoms with van der Waals surface area (Å²) in [6.45, 7) is 6.58. The number of aryl methyl sites for hydroxylation is 1. The van der Waals surface area contributed by atoms with Crippen molar-refractivity contribution in [2.75, 3.05) is 11.9 Å². The van der Waals surface area contributed by atoms with Crippen molar-refractivity contribution in [2.24, 2.45) is 5.92 Å². The van der Waals surface area contributed by atoms with E-state index >= 15 is 0 Å². The van der Waals surface area contributed by atoms with Crippen LogP contribution in [0.4, 0.5) is 5.69 Å². The van der Waals surface area contributed by atoms with Crippen LogP contribution in [0.3, 0.4) is 0 Å². The smallest absolute Gasteiger partial charge is 0.214 e. The summed E-state index contributed by atoms with van der Waals surface area (Å²) in [7, 11) is -3.14. The first-order chi connectivity index (χ1) is 10.9. The second-order valence-electron chi connectivity index (χ2n) is 6.86. The number of sulfonamides is 1. The van der Waals surface area contributed by atoms with Crippen molar-refractivity contribution in [1.29, 1.82) is 0 Å². The molecule has 5 heteroatoms. The molecule has 0 aromatic heterocycles. The Bertz CT molecular complexity index is 574. The Morgan fingerprint density at radius 1 is 1.09 bits per heavy atom. The van der Waals surface area contributed by atoms with E-state index in [1.54, 1.807) is 13.8 Å². The largest absolute Gasteiger partial charge is 0.385 e. The SMILES string of the molecule is CCc1ccc(NC[C@H]2CC[C@H](NS(=O)(=O)C(C)C)CC2)cc1. The first-order valence-corrected chi connectivity index (χ1v) is 10.3. The highest BCUT2D eigenvalue weighted by molar-refractivity contribution is 7.90. The number of anilines is 1. The highest BCUT2D eigenvalue weighted by Crippen LogP contribution is 2.25. The van der Waals surface area contributed by atoms with Gasteiger partial charge < -0.3 is 5.32 Å².